The molecule has 1 N–H and O–H groups in total. The maximum Gasteiger partial charge on any atom is 0.130 e. The summed E-state index contributed by atoms with van der Waals surface area (Å²) in [5.74, 6) is -0.258. The van der Waals surface area contributed by atoms with Crippen LogP contribution in [0.25, 0.3) is 0 Å². The number of hydrogen-bond donors (Lipinski definition) is 1. The fraction of sp³-hybridized carbons (Fsp3) is 0.375. The lowest BCUT2D eigenvalue weighted by Crippen LogP contribution is -2.25. The number of nitrogens with one attached hydrogen (secondary N) is 1. The van der Waals surface area contributed by atoms with Crippen LogP contribution in [0.2, 0.25) is 0 Å². The molecule has 0 aliphatic heterocycles. The van der Waals surface area contributed by atoms with Crippen LogP contribution in [-0.4, -0.2) is 6.54 Å². The molecule has 2 aromatic rings. The lowest BCUT2D eigenvalue weighted by molar-refractivity contribution is 0.436. The van der Waals surface area contributed by atoms with Crippen molar-refractivity contribution in [2.75, 3.05) is 6.54 Å². The molecule has 0 radical (unpaired) electrons. The number of halogens is 2. The summed E-state index contributed by atoms with van der Waals surface area (Å²) in [5.41, 5.74) is 0.929. The predicted molar refractivity (Wildman–Crippen MR) is 74.5 cm³/mol. The standard InChI is InChI=1S/C16H19F2NO/c1-3-6-19-16(9-12-5-4-7-20-12)13-8-11(2)14(17)10-15(13)18/h4-5,7-8,10,16,19H,3,6,9H2,1-2H3. The molecule has 1 atom stereocenters. The molecule has 0 aliphatic rings. The smallest absolute Gasteiger partial charge is 0.130 e. The van der Waals surface area contributed by atoms with E-state index in [1.54, 1.807) is 25.3 Å². The molecule has 1 aromatic heterocycles. The molecular formula is C16H19F2NO. The van der Waals surface area contributed by atoms with Gasteiger partial charge >= 0.3 is 0 Å². The molecule has 0 bridgehead atoms. The molecule has 1 unspecified atom stereocenters. The highest BCUT2D eigenvalue weighted by Gasteiger charge is 2.18. The van der Waals surface area contributed by atoms with Gasteiger partial charge in [0.25, 0.3) is 0 Å². The lowest BCUT2D eigenvalue weighted by Gasteiger charge is -2.19. The SMILES string of the molecule is CCCNC(Cc1ccco1)c1cc(C)c(F)cc1F. The van der Waals surface area contributed by atoms with E-state index >= 15 is 0 Å². The molecule has 0 aliphatic carbocycles. The van der Waals surface area contributed by atoms with E-state index in [4.69, 9.17) is 4.42 Å². The van der Waals surface area contributed by atoms with E-state index in [0.29, 0.717) is 17.5 Å². The molecule has 0 fully saturated rings. The Morgan fingerprint density at radius 1 is 1.25 bits per heavy atom. The molecule has 4 heteroatoms. The summed E-state index contributed by atoms with van der Waals surface area (Å²) in [6.45, 7) is 4.45. The minimum absolute atomic E-state index is 0.222. The highest BCUT2D eigenvalue weighted by atomic mass is 19.1. The quantitative estimate of drug-likeness (QED) is 0.859. The monoisotopic (exact) mass is 279 g/mol. The van der Waals surface area contributed by atoms with Gasteiger partial charge in [-0.2, -0.15) is 0 Å². The van der Waals surface area contributed by atoms with Crippen molar-refractivity contribution < 1.29 is 13.2 Å². The van der Waals surface area contributed by atoms with Crippen molar-refractivity contribution in [3.63, 3.8) is 0 Å². The third-order valence-electron chi connectivity index (χ3n) is 3.28. The van der Waals surface area contributed by atoms with E-state index in [1.165, 1.54) is 0 Å². The molecule has 2 rings (SSSR count). The second kappa shape index (κ2) is 6.66. The Labute approximate surface area is 117 Å². The van der Waals surface area contributed by atoms with Crippen LogP contribution < -0.4 is 5.32 Å². The van der Waals surface area contributed by atoms with Crippen molar-refractivity contribution in [2.24, 2.45) is 0 Å². The maximum atomic E-state index is 14.0. The van der Waals surface area contributed by atoms with Crippen molar-refractivity contribution >= 4 is 0 Å². The summed E-state index contributed by atoms with van der Waals surface area (Å²) in [5, 5.41) is 3.29. The minimum Gasteiger partial charge on any atom is -0.469 e. The molecular weight excluding hydrogens is 260 g/mol. The third-order valence-corrected chi connectivity index (χ3v) is 3.28. The fourth-order valence-electron chi connectivity index (χ4n) is 2.19. The highest BCUT2D eigenvalue weighted by molar-refractivity contribution is 5.29. The molecule has 20 heavy (non-hydrogen) atoms. The van der Waals surface area contributed by atoms with Gasteiger partial charge in [-0.25, -0.2) is 8.78 Å². The van der Waals surface area contributed by atoms with Gasteiger partial charge in [-0.05, 0) is 43.7 Å². The molecule has 2 nitrogen and oxygen atoms in total. The van der Waals surface area contributed by atoms with E-state index in [-0.39, 0.29) is 6.04 Å². The number of furan rings is 1. The van der Waals surface area contributed by atoms with Gasteiger partial charge in [-0.15, -0.1) is 0 Å². The van der Waals surface area contributed by atoms with Gasteiger partial charge in [0, 0.05) is 24.1 Å². The molecule has 0 saturated carbocycles. The zero-order valence-corrected chi connectivity index (χ0v) is 11.7. The summed E-state index contributed by atoms with van der Waals surface area (Å²) in [6.07, 6.45) is 3.07. The van der Waals surface area contributed by atoms with Gasteiger partial charge in [0.1, 0.15) is 17.4 Å². The molecule has 0 amide bonds. The first kappa shape index (κ1) is 14.7. The first-order chi connectivity index (χ1) is 9.61. The third kappa shape index (κ3) is 3.45. The van der Waals surface area contributed by atoms with Gasteiger partial charge in [-0.1, -0.05) is 6.92 Å². The first-order valence-electron chi connectivity index (χ1n) is 6.83. The summed E-state index contributed by atoms with van der Waals surface area (Å²) < 4.78 is 32.7. The average molecular weight is 279 g/mol. The van der Waals surface area contributed by atoms with Crippen LogP contribution in [0.4, 0.5) is 8.78 Å². The normalized spacial score (nSPS) is 12.6. The predicted octanol–water partition coefficient (Wildman–Crippen LogP) is 4.15. The average Bonchev–Trinajstić information content (AvgIpc) is 2.92. The van der Waals surface area contributed by atoms with Crippen LogP contribution in [0, 0.1) is 18.6 Å². The van der Waals surface area contributed by atoms with Gasteiger partial charge < -0.3 is 9.73 Å². The Morgan fingerprint density at radius 2 is 2.05 bits per heavy atom. The number of hydrogen-bond acceptors (Lipinski definition) is 2. The Hall–Kier alpha value is -1.68. The first-order valence-corrected chi connectivity index (χ1v) is 6.83. The van der Waals surface area contributed by atoms with E-state index < -0.39 is 11.6 Å². The van der Waals surface area contributed by atoms with Crippen molar-refractivity contribution in [2.45, 2.75) is 32.7 Å². The fourth-order valence-corrected chi connectivity index (χ4v) is 2.19. The van der Waals surface area contributed by atoms with Crippen molar-refractivity contribution in [3.05, 3.63) is 59.1 Å². The molecule has 1 heterocycles. The summed E-state index contributed by atoms with van der Waals surface area (Å²) in [4.78, 5) is 0. The van der Waals surface area contributed by atoms with Crippen LogP contribution >= 0.6 is 0 Å². The number of aryl methyl sites for hydroxylation is 1. The second-order valence-electron chi connectivity index (χ2n) is 4.91. The van der Waals surface area contributed by atoms with Gasteiger partial charge in [-0.3, -0.25) is 0 Å². The van der Waals surface area contributed by atoms with Gasteiger partial charge in [0.2, 0.25) is 0 Å². The van der Waals surface area contributed by atoms with Crippen LogP contribution in [0.3, 0.4) is 0 Å². The summed E-state index contributed by atoms with van der Waals surface area (Å²) in [7, 11) is 0. The Kier molecular flexibility index (Phi) is 4.90. The second-order valence-corrected chi connectivity index (χ2v) is 4.91. The molecule has 0 spiro atoms. The van der Waals surface area contributed by atoms with Crippen molar-refractivity contribution in [1.29, 1.82) is 0 Å². The van der Waals surface area contributed by atoms with Crippen LogP contribution in [0.5, 0.6) is 0 Å². The molecule has 1 aromatic carbocycles. The maximum absolute atomic E-state index is 14.0. The molecule has 108 valence electrons. The highest BCUT2D eigenvalue weighted by Crippen LogP contribution is 2.24. The van der Waals surface area contributed by atoms with Crippen LogP contribution in [-0.2, 0) is 6.42 Å². The Bertz CT molecular complexity index is 552. The van der Waals surface area contributed by atoms with Crippen LogP contribution in [0.1, 0.15) is 36.3 Å². The minimum atomic E-state index is -0.520. The largest absolute Gasteiger partial charge is 0.469 e. The van der Waals surface area contributed by atoms with Crippen molar-refractivity contribution in [1.82, 2.24) is 5.32 Å². The van der Waals surface area contributed by atoms with Gasteiger partial charge in [0.15, 0.2) is 0 Å². The summed E-state index contributed by atoms with van der Waals surface area (Å²) >= 11 is 0. The molecule has 0 saturated heterocycles. The Morgan fingerprint density at radius 3 is 2.70 bits per heavy atom. The zero-order chi connectivity index (χ0) is 14.5. The van der Waals surface area contributed by atoms with Gasteiger partial charge in [0.05, 0.1) is 6.26 Å². The summed E-state index contributed by atoms with van der Waals surface area (Å²) in [6, 6.07) is 5.96. The number of rotatable bonds is 6. The van der Waals surface area contributed by atoms with Crippen LogP contribution in [0.15, 0.2) is 34.9 Å². The number of benzene rings is 1. The lowest BCUT2D eigenvalue weighted by atomic mass is 9.99. The topological polar surface area (TPSA) is 25.2 Å². The zero-order valence-electron chi connectivity index (χ0n) is 11.7. The van der Waals surface area contributed by atoms with E-state index in [1.807, 2.05) is 13.0 Å². The van der Waals surface area contributed by atoms with E-state index in [2.05, 4.69) is 5.32 Å². The van der Waals surface area contributed by atoms with E-state index in [0.717, 1.165) is 24.8 Å². The van der Waals surface area contributed by atoms with Crippen molar-refractivity contribution in [3.8, 4) is 0 Å². The Balaban J connectivity index is 2.27. The van der Waals surface area contributed by atoms with E-state index in [9.17, 15) is 8.78 Å².